The van der Waals surface area contributed by atoms with Crippen LogP contribution in [0.15, 0.2) is 66.7 Å². The molecule has 144 valence electrons. The fourth-order valence-electron chi connectivity index (χ4n) is 3.15. The van der Waals surface area contributed by atoms with Crippen LogP contribution in [-0.2, 0) is 6.42 Å². The quantitative estimate of drug-likeness (QED) is 0.407. The van der Waals surface area contributed by atoms with Crippen LogP contribution in [0.1, 0.15) is 42.0 Å². The Labute approximate surface area is 165 Å². The molecule has 0 spiro atoms. The highest BCUT2D eigenvalue weighted by Gasteiger charge is 2.15. The summed E-state index contributed by atoms with van der Waals surface area (Å²) in [4.78, 5) is 0. The van der Waals surface area contributed by atoms with Crippen molar-refractivity contribution in [1.29, 1.82) is 0 Å². The Morgan fingerprint density at radius 3 is 2.07 bits per heavy atom. The van der Waals surface area contributed by atoms with Gasteiger partial charge in [0.1, 0.15) is 17.4 Å². The summed E-state index contributed by atoms with van der Waals surface area (Å²) in [5.74, 6) is -0.174. The molecule has 3 aromatic carbocycles. The molecule has 0 aliphatic rings. The van der Waals surface area contributed by atoms with Crippen molar-refractivity contribution in [1.82, 2.24) is 0 Å². The normalized spacial score (nSPS) is 12.3. The minimum atomic E-state index is -0.505. The highest BCUT2D eigenvalue weighted by atomic mass is 19.1. The molecule has 3 heteroatoms. The number of halogens is 2. The van der Waals surface area contributed by atoms with Gasteiger partial charge in [-0.25, -0.2) is 8.78 Å². The van der Waals surface area contributed by atoms with E-state index in [9.17, 15) is 8.78 Å². The van der Waals surface area contributed by atoms with Gasteiger partial charge < -0.3 is 4.74 Å². The van der Waals surface area contributed by atoms with Gasteiger partial charge >= 0.3 is 0 Å². The Bertz CT molecular complexity index is 908. The monoisotopic (exact) mass is 378 g/mol. The van der Waals surface area contributed by atoms with E-state index in [0.717, 1.165) is 16.9 Å². The molecule has 3 aromatic rings. The molecular weight excluding hydrogens is 354 g/mol. The third kappa shape index (κ3) is 5.07. The fraction of sp³-hybridized carbons (Fsp3) is 0.200. The van der Waals surface area contributed by atoms with E-state index in [0.29, 0.717) is 18.6 Å². The van der Waals surface area contributed by atoms with E-state index in [1.165, 1.54) is 12.1 Å². The molecule has 0 amide bonds. The summed E-state index contributed by atoms with van der Waals surface area (Å²) in [6, 6.07) is 20.1. The Morgan fingerprint density at radius 1 is 0.857 bits per heavy atom. The van der Waals surface area contributed by atoms with Crippen LogP contribution in [0.25, 0.3) is 12.2 Å². The van der Waals surface area contributed by atoms with Gasteiger partial charge in [0, 0.05) is 5.56 Å². The first-order chi connectivity index (χ1) is 13.6. The number of hydrogen-bond acceptors (Lipinski definition) is 1. The molecule has 0 aliphatic carbocycles. The highest BCUT2D eigenvalue weighted by Crippen LogP contribution is 2.25. The molecule has 0 radical (unpaired) electrons. The second kappa shape index (κ2) is 9.32. The van der Waals surface area contributed by atoms with E-state index in [4.69, 9.17) is 4.74 Å². The number of ether oxygens (including phenoxy) is 1. The lowest BCUT2D eigenvalue weighted by atomic mass is 9.92. The van der Waals surface area contributed by atoms with Gasteiger partial charge in [-0.1, -0.05) is 61.5 Å². The van der Waals surface area contributed by atoms with Crippen molar-refractivity contribution in [3.8, 4) is 5.75 Å². The van der Waals surface area contributed by atoms with E-state index < -0.39 is 11.6 Å². The van der Waals surface area contributed by atoms with Crippen LogP contribution in [0.5, 0.6) is 5.75 Å². The Kier molecular flexibility index (Phi) is 6.59. The average molecular weight is 378 g/mol. The SMILES string of the molecule is CCOc1ccc(/C=C/c2cc(F)c(CC(C)c3ccccc3)c(F)c2)cc1. The van der Waals surface area contributed by atoms with Gasteiger partial charge in [-0.05, 0) is 60.2 Å². The summed E-state index contributed by atoms with van der Waals surface area (Å²) < 4.78 is 34.5. The molecule has 1 atom stereocenters. The largest absolute Gasteiger partial charge is 0.494 e. The minimum Gasteiger partial charge on any atom is -0.494 e. The molecule has 0 aliphatic heterocycles. The molecule has 3 rings (SSSR count). The van der Waals surface area contributed by atoms with Crippen LogP contribution in [0.3, 0.4) is 0 Å². The average Bonchev–Trinajstić information content (AvgIpc) is 2.71. The molecule has 0 saturated carbocycles. The molecular formula is C25H24F2O. The summed E-state index contributed by atoms with van der Waals surface area (Å²) in [6.07, 6.45) is 3.87. The Morgan fingerprint density at radius 2 is 1.46 bits per heavy atom. The maximum atomic E-state index is 14.6. The standard InChI is InChI=1S/C25H24F2O/c1-3-28-22-13-11-19(12-14-22)9-10-20-16-24(26)23(25(27)17-20)15-18(2)21-7-5-4-6-8-21/h4-14,16-18H,3,15H2,1-2H3/b10-9+. The zero-order chi connectivity index (χ0) is 19.9. The van der Waals surface area contributed by atoms with Crippen molar-refractivity contribution >= 4 is 12.2 Å². The van der Waals surface area contributed by atoms with Crippen LogP contribution < -0.4 is 4.74 Å². The van der Waals surface area contributed by atoms with Crippen molar-refractivity contribution in [2.24, 2.45) is 0 Å². The number of benzene rings is 3. The maximum absolute atomic E-state index is 14.6. The van der Waals surface area contributed by atoms with Crippen LogP contribution in [0, 0.1) is 11.6 Å². The third-order valence-electron chi connectivity index (χ3n) is 4.70. The zero-order valence-corrected chi connectivity index (χ0v) is 16.2. The third-order valence-corrected chi connectivity index (χ3v) is 4.70. The van der Waals surface area contributed by atoms with Crippen molar-refractivity contribution in [2.75, 3.05) is 6.61 Å². The number of hydrogen-bond donors (Lipinski definition) is 0. The molecule has 1 nitrogen and oxygen atoms in total. The van der Waals surface area contributed by atoms with Crippen LogP contribution >= 0.6 is 0 Å². The second-order valence-corrected chi connectivity index (χ2v) is 6.81. The van der Waals surface area contributed by atoms with Crippen LogP contribution in [0.4, 0.5) is 8.78 Å². The van der Waals surface area contributed by atoms with Gasteiger partial charge in [0.15, 0.2) is 0 Å². The summed E-state index contributed by atoms with van der Waals surface area (Å²) in [5, 5.41) is 0. The van der Waals surface area contributed by atoms with E-state index in [2.05, 4.69) is 0 Å². The predicted molar refractivity (Wildman–Crippen MR) is 111 cm³/mol. The fourth-order valence-corrected chi connectivity index (χ4v) is 3.15. The van der Waals surface area contributed by atoms with E-state index >= 15 is 0 Å². The van der Waals surface area contributed by atoms with E-state index in [1.807, 2.05) is 74.5 Å². The van der Waals surface area contributed by atoms with Crippen molar-refractivity contribution in [2.45, 2.75) is 26.2 Å². The lowest BCUT2D eigenvalue weighted by molar-refractivity contribution is 0.340. The summed E-state index contributed by atoms with van der Waals surface area (Å²) in [7, 11) is 0. The summed E-state index contributed by atoms with van der Waals surface area (Å²) >= 11 is 0. The van der Waals surface area contributed by atoms with Gasteiger partial charge in [-0.2, -0.15) is 0 Å². The summed E-state index contributed by atoms with van der Waals surface area (Å²) in [5.41, 5.74) is 2.64. The van der Waals surface area contributed by atoms with Crippen LogP contribution in [0.2, 0.25) is 0 Å². The van der Waals surface area contributed by atoms with Crippen molar-refractivity contribution < 1.29 is 13.5 Å². The lowest BCUT2D eigenvalue weighted by Gasteiger charge is -2.14. The number of rotatable bonds is 7. The first-order valence-electron chi connectivity index (χ1n) is 9.50. The molecule has 0 heterocycles. The van der Waals surface area contributed by atoms with Gasteiger partial charge in [0.05, 0.1) is 6.61 Å². The molecule has 0 saturated heterocycles. The molecule has 0 fully saturated rings. The Hall–Kier alpha value is -2.94. The zero-order valence-electron chi connectivity index (χ0n) is 16.2. The van der Waals surface area contributed by atoms with Crippen molar-refractivity contribution in [3.63, 3.8) is 0 Å². The van der Waals surface area contributed by atoms with E-state index in [1.54, 1.807) is 6.08 Å². The molecule has 0 N–H and O–H groups in total. The molecule has 0 aromatic heterocycles. The van der Waals surface area contributed by atoms with Gasteiger partial charge in [0.25, 0.3) is 0 Å². The van der Waals surface area contributed by atoms with Gasteiger partial charge in [-0.15, -0.1) is 0 Å². The lowest BCUT2D eigenvalue weighted by Crippen LogP contribution is -2.04. The first-order valence-corrected chi connectivity index (χ1v) is 9.50. The van der Waals surface area contributed by atoms with E-state index in [-0.39, 0.29) is 11.5 Å². The second-order valence-electron chi connectivity index (χ2n) is 6.81. The predicted octanol–water partition coefficient (Wildman–Crippen LogP) is 6.88. The van der Waals surface area contributed by atoms with Crippen LogP contribution in [-0.4, -0.2) is 6.61 Å². The molecule has 28 heavy (non-hydrogen) atoms. The van der Waals surface area contributed by atoms with Crippen molar-refractivity contribution in [3.05, 3.63) is 101 Å². The minimum absolute atomic E-state index is 0.0375. The summed E-state index contributed by atoms with van der Waals surface area (Å²) in [6.45, 7) is 4.53. The smallest absolute Gasteiger partial charge is 0.129 e. The molecule has 0 bridgehead atoms. The first kappa shape index (κ1) is 19.8. The van der Waals surface area contributed by atoms with Gasteiger partial charge in [0.2, 0.25) is 0 Å². The topological polar surface area (TPSA) is 9.23 Å². The highest BCUT2D eigenvalue weighted by molar-refractivity contribution is 5.70. The Balaban J connectivity index is 1.74. The molecule has 1 unspecified atom stereocenters. The van der Waals surface area contributed by atoms with Gasteiger partial charge in [-0.3, -0.25) is 0 Å². The maximum Gasteiger partial charge on any atom is 0.129 e.